The first-order valence-electron chi connectivity index (χ1n) is 10.8. The number of allylic oxidation sites excluding steroid dienone is 7. The second-order valence-electron chi connectivity index (χ2n) is 8.36. The highest BCUT2D eigenvalue weighted by Gasteiger charge is 2.13. The van der Waals surface area contributed by atoms with Crippen LogP contribution in [0.4, 0.5) is 0 Å². The molecule has 2 nitrogen and oxygen atoms in total. The fourth-order valence-electron chi connectivity index (χ4n) is 3.02. The van der Waals surface area contributed by atoms with Gasteiger partial charge in [0.1, 0.15) is 0 Å². The van der Waals surface area contributed by atoms with E-state index in [2.05, 4.69) is 71.9 Å². The maximum atomic E-state index is 11.8. The minimum Gasteiger partial charge on any atom is -0.478 e. The van der Waals surface area contributed by atoms with E-state index in [0.29, 0.717) is 5.56 Å². The summed E-state index contributed by atoms with van der Waals surface area (Å²) in [5.74, 6) is -0.0610. The van der Waals surface area contributed by atoms with Gasteiger partial charge in [-0.1, -0.05) is 58.7 Å². The van der Waals surface area contributed by atoms with Gasteiger partial charge >= 0.3 is 5.97 Å². The molecule has 1 rings (SSSR count). The Kier molecular flexibility index (Phi) is 12.2. The molecule has 1 N–H and O–H groups in total. The Morgan fingerprint density at radius 2 is 1.43 bits per heavy atom. The number of carbonyl (C=O) groups is 1. The molecule has 1 aromatic rings. The summed E-state index contributed by atoms with van der Waals surface area (Å²) in [6.07, 6.45) is 14.0. The normalized spacial score (nSPS) is 11.9. The zero-order valence-electron chi connectivity index (χ0n) is 19.5. The monoisotopic (exact) mass is 426 g/mol. The lowest BCUT2D eigenvalue weighted by Gasteiger charge is -2.11. The molecule has 1 aromatic carbocycles. The van der Waals surface area contributed by atoms with Gasteiger partial charge in [-0.05, 0) is 85.3 Å². The van der Waals surface area contributed by atoms with E-state index in [4.69, 9.17) is 0 Å². The van der Waals surface area contributed by atoms with E-state index in [0.717, 1.165) is 48.3 Å². The first kappa shape index (κ1) is 26.0. The molecule has 0 saturated heterocycles. The van der Waals surface area contributed by atoms with Crippen LogP contribution in [-0.2, 0) is 6.42 Å². The van der Waals surface area contributed by atoms with Crippen molar-refractivity contribution in [3.63, 3.8) is 0 Å². The van der Waals surface area contributed by atoms with E-state index in [1.54, 1.807) is 17.8 Å². The van der Waals surface area contributed by atoms with E-state index in [-0.39, 0.29) is 0 Å². The van der Waals surface area contributed by atoms with Crippen molar-refractivity contribution in [3.05, 3.63) is 75.9 Å². The third-order valence-corrected chi connectivity index (χ3v) is 5.94. The number of carboxylic acid groups (broad SMARTS) is 1. The van der Waals surface area contributed by atoms with Crippen LogP contribution in [0.25, 0.3) is 0 Å². The van der Waals surface area contributed by atoms with E-state index in [9.17, 15) is 9.90 Å². The number of rotatable bonds is 12. The minimum atomic E-state index is -0.854. The van der Waals surface area contributed by atoms with Crippen LogP contribution in [0.1, 0.15) is 83.1 Å². The van der Waals surface area contributed by atoms with Crippen LogP contribution in [0, 0.1) is 0 Å². The van der Waals surface area contributed by atoms with E-state index < -0.39 is 5.97 Å². The fraction of sp³-hybridized carbons (Fsp3) is 0.444. The van der Waals surface area contributed by atoms with Crippen LogP contribution in [0.3, 0.4) is 0 Å². The van der Waals surface area contributed by atoms with Gasteiger partial charge in [0, 0.05) is 10.6 Å². The zero-order chi connectivity index (χ0) is 22.5. The van der Waals surface area contributed by atoms with Gasteiger partial charge in [-0.25, -0.2) is 4.79 Å². The summed E-state index contributed by atoms with van der Waals surface area (Å²) < 4.78 is 0. The summed E-state index contributed by atoms with van der Waals surface area (Å²) >= 11 is 1.63. The molecule has 0 amide bonds. The van der Waals surface area contributed by atoms with Gasteiger partial charge < -0.3 is 5.11 Å². The lowest BCUT2D eigenvalue weighted by molar-refractivity contribution is 0.0693. The number of aromatic carboxylic acids is 1. The maximum absolute atomic E-state index is 11.8. The third-order valence-electron chi connectivity index (χ3n) is 4.84. The van der Waals surface area contributed by atoms with Crippen LogP contribution in [0.2, 0.25) is 0 Å². The number of hydrogen-bond acceptors (Lipinski definition) is 2. The molecule has 0 aliphatic heterocycles. The summed E-state index contributed by atoms with van der Waals surface area (Å²) in [7, 11) is 0. The highest BCUT2D eigenvalue weighted by atomic mass is 32.2. The third kappa shape index (κ3) is 10.7. The quantitative estimate of drug-likeness (QED) is 0.269. The molecular weight excluding hydrogens is 388 g/mol. The van der Waals surface area contributed by atoms with Gasteiger partial charge in [-0.2, -0.15) is 0 Å². The Morgan fingerprint density at radius 3 is 1.97 bits per heavy atom. The lowest BCUT2D eigenvalue weighted by Crippen LogP contribution is -2.02. The predicted octanol–water partition coefficient (Wildman–Crippen LogP) is 8.40. The molecule has 3 heteroatoms. The van der Waals surface area contributed by atoms with Crippen LogP contribution >= 0.6 is 11.8 Å². The second-order valence-corrected chi connectivity index (χ2v) is 9.39. The number of thioether (sulfide) groups is 1. The zero-order valence-corrected chi connectivity index (χ0v) is 20.4. The summed E-state index contributed by atoms with van der Waals surface area (Å²) in [5.41, 5.74) is 6.89. The van der Waals surface area contributed by atoms with Crippen molar-refractivity contribution in [3.8, 4) is 0 Å². The Labute approximate surface area is 187 Å². The molecule has 0 bridgehead atoms. The van der Waals surface area contributed by atoms with Crippen molar-refractivity contribution < 1.29 is 9.90 Å². The van der Waals surface area contributed by atoms with Crippen LogP contribution < -0.4 is 0 Å². The molecule has 0 aromatic heterocycles. The van der Waals surface area contributed by atoms with E-state index in [1.807, 2.05) is 6.07 Å². The fourth-order valence-corrected chi connectivity index (χ4v) is 4.20. The van der Waals surface area contributed by atoms with Gasteiger partial charge in [0.25, 0.3) is 0 Å². The number of benzene rings is 1. The smallest absolute Gasteiger partial charge is 0.336 e. The first-order valence-corrected chi connectivity index (χ1v) is 11.7. The molecule has 164 valence electrons. The van der Waals surface area contributed by atoms with Crippen molar-refractivity contribution in [2.45, 2.75) is 78.5 Å². The maximum Gasteiger partial charge on any atom is 0.336 e. The van der Waals surface area contributed by atoms with Crippen LogP contribution in [-0.4, -0.2) is 16.8 Å². The molecule has 0 heterocycles. The van der Waals surface area contributed by atoms with Gasteiger partial charge in [-0.15, -0.1) is 11.8 Å². The molecule has 0 aliphatic rings. The molecule has 0 atom stereocenters. The Hall–Kier alpha value is -2.00. The average molecular weight is 427 g/mol. The topological polar surface area (TPSA) is 37.3 Å². The van der Waals surface area contributed by atoms with Crippen molar-refractivity contribution in [2.75, 3.05) is 5.75 Å². The standard InChI is InChI=1S/C27H38O2S/c1-20(2)10-7-12-22(5)16-17-24-14-9-15-25(27(28)29)26(24)30-19-18-23(6)13-8-11-21(3)4/h9-11,14-16,18H,7-8,12-13,17,19H2,1-6H3,(H,28,29)/b22-16+,23-18+. The largest absolute Gasteiger partial charge is 0.478 e. The van der Waals surface area contributed by atoms with Gasteiger partial charge in [0.2, 0.25) is 0 Å². The second kappa shape index (κ2) is 14.1. The number of hydrogen-bond donors (Lipinski definition) is 1. The van der Waals surface area contributed by atoms with Gasteiger partial charge in [0.05, 0.1) is 5.56 Å². The molecule has 0 fully saturated rings. The van der Waals surface area contributed by atoms with Gasteiger partial charge in [0.15, 0.2) is 0 Å². The molecule has 0 saturated carbocycles. The SMILES string of the molecule is CC(C)=CCC/C(C)=C/CSc1c(C/C=C(\C)CCC=C(C)C)cccc1C(=O)O. The molecular formula is C27H38O2S. The Bertz CT molecular complexity index is 817. The molecule has 0 unspecified atom stereocenters. The minimum absolute atomic E-state index is 0.406. The van der Waals surface area contributed by atoms with Crippen LogP contribution in [0.15, 0.2) is 69.7 Å². The van der Waals surface area contributed by atoms with Crippen molar-refractivity contribution in [2.24, 2.45) is 0 Å². The number of carboxylic acids is 1. The molecule has 0 aliphatic carbocycles. The first-order chi connectivity index (χ1) is 14.2. The molecule has 0 radical (unpaired) electrons. The van der Waals surface area contributed by atoms with Crippen molar-refractivity contribution in [1.29, 1.82) is 0 Å². The molecule has 0 spiro atoms. The predicted molar refractivity (Wildman–Crippen MR) is 133 cm³/mol. The van der Waals surface area contributed by atoms with Crippen molar-refractivity contribution in [1.82, 2.24) is 0 Å². The lowest BCUT2D eigenvalue weighted by atomic mass is 10.0. The molecule has 30 heavy (non-hydrogen) atoms. The van der Waals surface area contributed by atoms with Crippen molar-refractivity contribution >= 4 is 17.7 Å². The summed E-state index contributed by atoms with van der Waals surface area (Å²) in [4.78, 5) is 12.7. The summed E-state index contributed by atoms with van der Waals surface area (Å²) in [5, 5.41) is 9.66. The Balaban J connectivity index is 2.87. The van der Waals surface area contributed by atoms with Crippen LogP contribution in [0.5, 0.6) is 0 Å². The van der Waals surface area contributed by atoms with Gasteiger partial charge in [-0.3, -0.25) is 0 Å². The van der Waals surface area contributed by atoms with E-state index >= 15 is 0 Å². The Morgan fingerprint density at radius 1 is 0.867 bits per heavy atom. The summed E-state index contributed by atoms with van der Waals surface area (Å²) in [6, 6.07) is 5.63. The van der Waals surface area contributed by atoms with E-state index in [1.165, 1.54) is 22.3 Å². The average Bonchev–Trinajstić information content (AvgIpc) is 2.66. The highest BCUT2D eigenvalue weighted by Crippen LogP contribution is 2.29. The highest BCUT2D eigenvalue weighted by molar-refractivity contribution is 7.99. The summed E-state index contributed by atoms with van der Waals surface area (Å²) in [6.45, 7) is 12.8.